The third-order valence-electron chi connectivity index (χ3n) is 6.85. The molecule has 4 nitrogen and oxygen atoms in total. The minimum absolute atomic E-state index is 0.0716. The predicted molar refractivity (Wildman–Crippen MR) is 149 cm³/mol. The maximum Gasteiger partial charge on any atom is 0.188 e. The van der Waals surface area contributed by atoms with Gasteiger partial charge in [-0.05, 0) is 75.2 Å². The Bertz CT molecular complexity index is 1590. The normalized spacial score (nSPS) is 14.2. The fourth-order valence-electron chi connectivity index (χ4n) is 5.36. The lowest BCUT2D eigenvalue weighted by atomic mass is 9.87. The maximum atomic E-state index is 13.4. The molecule has 36 heavy (non-hydrogen) atoms. The van der Waals surface area contributed by atoms with E-state index in [-0.39, 0.29) is 11.5 Å². The van der Waals surface area contributed by atoms with E-state index in [2.05, 4.69) is 57.3 Å². The molecule has 4 aromatic rings. The first-order valence-electron chi connectivity index (χ1n) is 12.2. The van der Waals surface area contributed by atoms with Gasteiger partial charge in [0.05, 0.1) is 22.7 Å². The Balaban J connectivity index is 1.80. The van der Waals surface area contributed by atoms with Crippen molar-refractivity contribution in [2.75, 3.05) is 5.32 Å². The Morgan fingerprint density at radius 2 is 1.36 bits per heavy atom. The molecule has 0 unspecified atom stereocenters. The number of phenolic OH excluding ortho intramolecular Hbond substituents is 1. The molecular formula is C32H30N2O2. The van der Waals surface area contributed by atoms with Crippen LogP contribution in [-0.2, 0) is 0 Å². The van der Waals surface area contributed by atoms with E-state index in [9.17, 15) is 9.90 Å². The van der Waals surface area contributed by atoms with Crippen molar-refractivity contribution in [3.63, 3.8) is 0 Å². The summed E-state index contributed by atoms with van der Waals surface area (Å²) in [6, 6.07) is 17.9. The smallest absolute Gasteiger partial charge is 0.188 e. The van der Waals surface area contributed by atoms with Gasteiger partial charge in [0.1, 0.15) is 5.75 Å². The van der Waals surface area contributed by atoms with Crippen molar-refractivity contribution in [2.45, 2.75) is 41.5 Å². The number of hydrogen-bond donors (Lipinski definition) is 2. The summed E-state index contributed by atoms with van der Waals surface area (Å²) in [6.07, 6.45) is 1.60. The van der Waals surface area contributed by atoms with Gasteiger partial charge in [-0.2, -0.15) is 0 Å². The lowest BCUT2D eigenvalue weighted by Gasteiger charge is -2.24. The summed E-state index contributed by atoms with van der Waals surface area (Å²) in [5.74, 6) is -0.0883. The van der Waals surface area contributed by atoms with Crippen molar-refractivity contribution >= 4 is 33.6 Å². The van der Waals surface area contributed by atoms with Crippen LogP contribution < -0.4 is 5.32 Å². The number of benzene rings is 4. The van der Waals surface area contributed by atoms with Gasteiger partial charge in [-0.25, -0.2) is 4.99 Å². The van der Waals surface area contributed by atoms with Gasteiger partial charge in [-0.3, -0.25) is 4.79 Å². The van der Waals surface area contributed by atoms with Gasteiger partial charge in [-0.15, -0.1) is 0 Å². The second-order valence-electron chi connectivity index (χ2n) is 9.90. The maximum absolute atomic E-state index is 13.4. The summed E-state index contributed by atoms with van der Waals surface area (Å²) in [5, 5.41) is 16.5. The molecule has 0 atom stereocenters. The van der Waals surface area contributed by atoms with Gasteiger partial charge in [0.15, 0.2) is 5.78 Å². The van der Waals surface area contributed by atoms with Crippen molar-refractivity contribution in [1.82, 2.24) is 0 Å². The van der Waals surface area contributed by atoms with Crippen molar-refractivity contribution in [2.24, 2.45) is 4.99 Å². The van der Waals surface area contributed by atoms with E-state index in [0.717, 1.165) is 39.0 Å². The zero-order chi connectivity index (χ0) is 25.7. The Morgan fingerprint density at radius 1 is 0.778 bits per heavy atom. The third kappa shape index (κ3) is 3.99. The summed E-state index contributed by atoms with van der Waals surface area (Å²) in [5.41, 5.74) is 10.4. The molecule has 1 aliphatic rings. The number of rotatable bonds is 3. The number of aryl methyl sites for hydroxylation is 6. The molecule has 0 spiro atoms. The van der Waals surface area contributed by atoms with E-state index in [1.807, 2.05) is 44.2 Å². The number of anilines is 1. The van der Waals surface area contributed by atoms with Crippen LogP contribution in [0.15, 0.2) is 71.4 Å². The monoisotopic (exact) mass is 474 g/mol. The molecule has 4 heteroatoms. The molecule has 0 heterocycles. The fourth-order valence-corrected chi connectivity index (χ4v) is 5.36. The lowest BCUT2D eigenvalue weighted by Crippen LogP contribution is -2.23. The van der Waals surface area contributed by atoms with Crippen molar-refractivity contribution < 1.29 is 9.90 Å². The van der Waals surface area contributed by atoms with E-state index < -0.39 is 0 Å². The standard InChI is InChI=1S/C32H30N2O2/c1-17-11-19(3)29(20(4)12-17)33-26-16-27(35)25-15-23-9-7-8-10-24(23)32(36)28(25)31(26)34-30-21(5)13-18(2)14-22(30)6/h7-16,33,36H,1-6H3. The first-order valence-corrected chi connectivity index (χ1v) is 12.2. The summed E-state index contributed by atoms with van der Waals surface area (Å²) in [7, 11) is 0. The number of carbonyl (C=O) groups excluding carboxylic acids is 1. The van der Waals surface area contributed by atoms with Crippen LogP contribution in [0.25, 0.3) is 10.8 Å². The zero-order valence-corrected chi connectivity index (χ0v) is 21.6. The molecule has 2 N–H and O–H groups in total. The third-order valence-corrected chi connectivity index (χ3v) is 6.85. The van der Waals surface area contributed by atoms with E-state index in [1.165, 1.54) is 11.1 Å². The number of nitrogens with zero attached hydrogens (tertiary/aromatic N) is 1. The van der Waals surface area contributed by atoms with E-state index >= 15 is 0 Å². The molecule has 0 radical (unpaired) electrons. The first-order chi connectivity index (χ1) is 17.1. The molecule has 0 saturated carbocycles. The predicted octanol–water partition coefficient (Wildman–Crippen LogP) is 7.71. The van der Waals surface area contributed by atoms with E-state index in [0.29, 0.717) is 27.9 Å². The van der Waals surface area contributed by atoms with Gasteiger partial charge in [-0.1, -0.05) is 59.7 Å². The lowest BCUT2D eigenvalue weighted by molar-refractivity contribution is 0.104. The number of fused-ring (bicyclic) bond motifs is 2. The fraction of sp³-hybridized carbons (Fsp3) is 0.188. The molecule has 1 aliphatic carbocycles. The average Bonchev–Trinajstić information content (AvgIpc) is 2.80. The van der Waals surface area contributed by atoms with E-state index in [4.69, 9.17) is 4.99 Å². The van der Waals surface area contributed by atoms with Gasteiger partial charge >= 0.3 is 0 Å². The minimum atomic E-state index is -0.160. The van der Waals surface area contributed by atoms with Crippen LogP contribution >= 0.6 is 0 Å². The van der Waals surface area contributed by atoms with Gasteiger partial charge in [0, 0.05) is 22.7 Å². The SMILES string of the molecule is Cc1cc(C)c(N=C2C(Nc3c(C)cc(C)cc3C)=CC(=O)c3cc4ccccc4c(O)c32)c(C)c1. The van der Waals surface area contributed by atoms with Gasteiger partial charge in [0.25, 0.3) is 0 Å². The topological polar surface area (TPSA) is 61.7 Å². The molecule has 0 saturated heterocycles. The molecule has 4 aromatic carbocycles. The number of aliphatic imine (C=N–C) groups is 1. The van der Waals surface area contributed by atoms with Gasteiger partial charge < -0.3 is 10.4 Å². The van der Waals surface area contributed by atoms with Crippen molar-refractivity contribution in [1.29, 1.82) is 0 Å². The molecule has 5 rings (SSSR count). The first kappa shape index (κ1) is 23.6. The van der Waals surface area contributed by atoms with Crippen LogP contribution in [-0.4, -0.2) is 16.6 Å². The Morgan fingerprint density at radius 3 is 2.00 bits per heavy atom. The van der Waals surface area contributed by atoms with Crippen LogP contribution in [0.2, 0.25) is 0 Å². The molecule has 0 aliphatic heterocycles. The van der Waals surface area contributed by atoms with Crippen LogP contribution in [0.1, 0.15) is 49.3 Å². The Labute approximate surface area is 212 Å². The molecule has 0 aromatic heterocycles. The highest BCUT2D eigenvalue weighted by Crippen LogP contribution is 2.39. The zero-order valence-electron chi connectivity index (χ0n) is 21.6. The summed E-state index contributed by atoms with van der Waals surface area (Å²) >= 11 is 0. The second kappa shape index (κ2) is 8.80. The number of carbonyl (C=O) groups is 1. The van der Waals surface area contributed by atoms with Crippen LogP contribution in [0, 0.1) is 41.5 Å². The number of aromatic hydroxyl groups is 1. The van der Waals surface area contributed by atoms with Crippen LogP contribution in [0.5, 0.6) is 5.75 Å². The molecular weight excluding hydrogens is 444 g/mol. The highest BCUT2D eigenvalue weighted by atomic mass is 16.3. The Hall–Kier alpha value is -4.18. The molecule has 0 fully saturated rings. The van der Waals surface area contributed by atoms with Crippen LogP contribution in [0.3, 0.4) is 0 Å². The quantitative estimate of drug-likeness (QED) is 0.320. The minimum Gasteiger partial charge on any atom is -0.507 e. The molecule has 180 valence electrons. The molecule has 0 amide bonds. The number of allylic oxidation sites excluding steroid dienone is 2. The second-order valence-corrected chi connectivity index (χ2v) is 9.90. The highest BCUT2D eigenvalue weighted by Gasteiger charge is 2.29. The number of phenols is 1. The highest BCUT2D eigenvalue weighted by molar-refractivity contribution is 6.30. The summed E-state index contributed by atoms with van der Waals surface area (Å²) in [6.45, 7) is 12.3. The summed E-state index contributed by atoms with van der Waals surface area (Å²) < 4.78 is 0. The number of ketones is 1. The Kier molecular flexibility index (Phi) is 5.76. The average molecular weight is 475 g/mol. The van der Waals surface area contributed by atoms with E-state index in [1.54, 1.807) is 6.08 Å². The largest absolute Gasteiger partial charge is 0.507 e. The van der Waals surface area contributed by atoms with Gasteiger partial charge in [0.2, 0.25) is 0 Å². The van der Waals surface area contributed by atoms with Crippen molar-refractivity contribution in [3.8, 4) is 5.75 Å². The number of hydrogen-bond acceptors (Lipinski definition) is 4. The van der Waals surface area contributed by atoms with Crippen molar-refractivity contribution in [3.05, 3.63) is 111 Å². The molecule has 0 bridgehead atoms. The number of nitrogens with one attached hydrogen (secondary N) is 1. The summed E-state index contributed by atoms with van der Waals surface area (Å²) in [4.78, 5) is 18.5. The van der Waals surface area contributed by atoms with Crippen LogP contribution in [0.4, 0.5) is 11.4 Å².